The Hall–Kier alpha value is -1.76. The molecule has 0 aromatic heterocycles. The average Bonchev–Trinajstić information content (AvgIpc) is 2.40. The molecule has 0 amide bonds. The minimum absolute atomic E-state index is 0.124. The van der Waals surface area contributed by atoms with E-state index in [1.807, 2.05) is 0 Å². The Morgan fingerprint density at radius 1 is 1.42 bits per heavy atom. The van der Waals surface area contributed by atoms with Gasteiger partial charge >= 0.3 is 0 Å². The van der Waals surface area contributed by atoms with Crippen LogP contribution in [0.2, 0.25) is 0 Å². The summed E-state index contributed by atoms with van der Waals surface area (Å²) in [5.41, 5.74) is 7.02. The van der Waals surface area contributed by atoms with Crippen LogP contribution in [0.25, 0.3) is 0 Å². The van der Waals surface area contributed by atoms with Gasteiger partial charge < -0.3 is 10.5 Å². The zero-order valence-corrected chi connectivity index (χ0v) is 11.5. The van der Waals surface area contributed by atoms with Gasteiger partial charge in [-0.05, 0) is 12.3 Å². The predicted molar refractivity (Wildman–Crippen MR) is 71.4 cm³/mol. The highest BCUT2D eigenvalue weighted by atomic mass is 16.5. The van der Waals surface area contributed by atoms with Crippen LogP contribution in [0.4, 0.5) is 0 Å². The first-order valence-electron chi connectivity index (χ1n) is 6.97. The molecule has 102 valence electrons. The Morgan fingerprint density at radius 2 is 2.11 bits per heavy atom. The number of Topliss-reactive ketones (excluding diaryl/α,β-unsaturated/α-hetero) is 1. The van der Waals surface area contributed by atoms with Crippen molar-refractivity contribution in [1.82, 2.24) is 0 Å². The zero-order chi connectivity index (χ0) is 14.0. The van der Waals surface area contributed by atoms with Crippen molar-refractivity contribution in [3.8, 4) is 6.07 Å². The normalized spacial score (nSPS) is 23.3. The first-order chi connectivity index (χ1) is 9.13. The number of carbonyl (C=O) groups is 1. The summed E-state index contributed by atoms with van der Waals surface area (Å²) in [5, 5.41) is 9.35. The summed E-state index contributed by atoms with van der Waals surface area (Å²) in [5.74, 6) is 1.11. The molecule has 2 aliphatic rings. The number of nitriles is 1. The summed E-state index contributed by atoms with van der Waals surface area (Å²) < 4.78 is 5.53. The number of nitrogens with zero attached hydrogens (tertiary/aromatic N) is 1. The summed E-state index contributed by atoms with van der Waals surface area (Å²) in [6.07, 6.45) is 3.95. The van der Waals surface area contributed by atoms with Crippen molar-refractivity contribution in [3.05, 3.63) is 22.8 Å². The minimum atomic E-state index is -0.170. The molecule has 0 radical (unpaired) electrons. The molecule has 0 spiro atoms. The quantitative estimate of drug-likeness (QED) is 0.846. The van der Waals surface area contributed by atoms with Crippen LogP contribution in [0.1, 0.15) is 46.0 Å². The highest BCUT2D eigenvalue weighted by molar-refractivity contribution is 5.98. The van der Waals surface area contributed by atoms with Crippen LogP contribution in [0.5, 0.6) is 0 Å². The maximum absolute atomic E-state index is 12.2. The van der Waals surface area contributed by atoms with E-state index >= 15 is 0 Å². The van der Waals surface area contributed by atoms with Crippen LogP contribution in [0.15, 0.2) is 22.8 Å². The molecular weight excluding hydrogens is 240 g/mol. The van der Waals surface area contributed by atoms with Gasteiger partial charge in [0, 0.05) is 24.3 Å². The van der Waals surface area contributed by atoms with Gasteiger partial charge in [-0.3, -0.25) is 4.79 Å². The monoisotopic (exact) mass is 260 g/mol. The molecule has 4 heteroatoms. The van der Waals surface area contributed by atoms with Gasteiger partial charge in [-0.25, -0.2) is 0 Å². The third-order valence-corrected chi connectivity index (χ3v) is 4.17. The Bertz CT molecular complexity index is 493. The van der Waals surface area contributed by atoms with Crippen molar-refractivity contribution in [2.45, 2.75) is 46.0 Å². The fraction of sp³-hybridized carbons (Fsp3) is 0.600. The predicted octanol–water partition coefficient (Wildman–Crippen LogP) is 2.77. The molecular formula is C15H20N2O2. The summed E-state index contributed by atoms with van der Waals surface area (Å²) >= 11 is 0. The Labute approximate surface area is 113 Å². The zero-order valence-electron chi connectivity index (χ0n) is 11.5. The maximum Gasteiger partial charge on any atom is 0.204 e. The van der Waals surface area contributed by atoms with E-state index in [9.17, 15) is 10.1 Å². The van der Waals surface area contributed by atoms with E-state index in [1.54, 1.807) is 0 Å². The van der Waals surface area contributed by atoms with E-state index in [0.29, 0.717) is 23.3 Å². The summed E-state index contributed by atoms with van der Waals surface area (Å²) in [4.78, 5) is 12.2. The molecule has 19 heavy (non-hydrogen) atoms. The molecule has 1 atom stereocenters. The van der Waals surface area contributed by atoms with Gasteiger partial charge in [0.05, 0.1) is 5.57 Å². The van der Waals surface area contributed by atoms with Gasteiger partial charge in [-0.1, -0.05) is 26.7 Å². The summed E-state index contributed by atoms with van der Waals surface area (Å²) in [7, 11) is 0. The van der Waals surface area contributed by atoms with Crippen molar-refractivity contribution in [1.29, 1.82) is 5.26 Å². The Morgan fingerprint density at radius 3 is 2.68 bits per heavy atom. The standard InChI is InChI=1S/C15H20N2O2/c1-3-9(4-2)13-10(8-16)15(17)19-12-7-5-6-11(18)14(12)13/h9,13H,3-7,17H2,1-2H3/t13-/m1/s1. The number of ether oxygens (including phenoxy) is 1. The minimum Gasteiger partial charge on any atom is -0.444 e. The van der Waals surface area contributed by atoms with Crippen LogP contribution in [-0.4, -0.2) is 5.78 Å². The highest BCUT2D eigenvalue weighted by Gasteiger charge is 2.39. The van der Waals surface area contributed by atoms with Gasteiger partial charge in [0.25, 0.3) is 0 Å². The molecule has 0 aromatic rings. The lowest BCUT2D eigenvalue weighted by atomic mass is 9.73. The lowest BCUT2D eigenvalue weighted by Crippen LogP contribution is -2.32. The van der Waals surface area contributed by atoms with Crippen molar-refractivity contribution in [3.63, 3.8) is 0 Å². The van der Waals surface area contributed by atoms with Crippen LogP contribution >= 0.6 is 0 Å². The van der Waals surface area contributed by atoms with Gasteiger partial charge in [0.2, 0.25) is 5.88 Å². The molecule has 0 unspecified atom stereocenters. The average molecular weight is 260 g/mol. The molecule has 4 nitrogen and oxygen atoms in total. The van der Waals surface area contributed by atoms with Crippen molar-refractivity contribution in [2.24, 2.45) is 17.6 Å². The number of nitrogens with two attached hydrogens (primary N) is 1. The number of hydrogen-bond acceptors (Lipinski definition) is 4. The third kappa shape index (κ3) is 2.25. The molecule has 0 saturated carbocycles. The second kappa shape index (κ2) is 5.48. The first kappa shape index (κ1) is 13.7. The molecule has 1 aliphatic heterocycles. The summed E-state index contributed by atoms with van der Waals surface area (Å²) in [6, 6.07) is 2.15. The van der Waals surface area contributed by atoms with E-state index < -0.39 is 0 Å². The SMILES string of the molecule is CCC(CC)[C@@H]1C(C#N)=C(N)OC2=C1C(=O)CCC2. The van der Waals surface area contributed by atoms with Crippen LogP contribution in [0.3, 0.4) is 0 Å². The first-order valence-corrected chi connectivity index (χ1v) is 6.97. The second-order valence-corrected chi connectivity index (χ2v) is 5.16. The van der Waals surface area contributed by atoms with Gasteiger partial charge in [-0.2, -0.15) is 5.26 Å². The van der Waals surface area contributed by atoms with Crippen LogP contribution in [0, 0.1) is 23.2 Å². The van der Waals surface area contributed by atoms with E-state index in [1.165, 1.54) is 0 Å². The van der Waals surface area contributed by atoms with Gasteiger partial charge in [0.15, 0.2) is 5.78 Å². The molecule has 2 N–H and O–H groups in total. The van der Waals surface area contributed by atoms with Gasteiger partial charge in [0.1, 0.15) is 11.8 Å². The van der Waals surface area contributed by atoms with E-state index in [2.05, 4.69) is 19.9 Å². The lowest BCUT2D eigenvalue weighted by molar-refractivity contribution is -0.117. The molecule has 0 bridgehead atoms. The molecule has 1 aliphatic carbocycles. The Balaban J connectivity index is 2.52. The number of allylic oxidation sites excluding steroid dienone is 3. The topological polar surface area (TPSA) is 76.1 Å². The van der Waals surface area contributed by atoms with Crippen molar-refractivity contribution in [2.75, 3.05) is 0 Å². The fourth-order valence-corrected chi connectivity index (χ4v) is 3.13. The van der Waals surface area contributed by atoms with Crippen LogP contribution in [-0.2, 0) is 9.53 Å². The third-order valence-electron chi connectivity index (χ3n) is 4.17. The van der Waals surface area contributed by atoms with E-state index in [4.69, 9.17) is 10.5 Å². The maximum atomic E-state index is 12.2. The fourth-order valence-electron chi connectivity index (χ4n) is 3.13. The number of ketones is 1. The largest absolute Gasteiger partial charge is 0.444 e. The van der Waals surface area contributed by atoms with Gasteiger partial charge in [-0.15, -0.1) is 0 Å². The molecule has 0 fully saturated rings. The van der Waals surface area contributed by atoms with E-state index in [0.717, 1.165) is 25.7 Å². The van der Waals surface area contributed by atoms with Crippen molar-refractivity contribution >= 4 is 5.78 Å². The van der Waals surface area contributed by atoms with Crippen molar-refractivity contribution < 1.29 is 9.53 Å². The number of hydrogen-bond donors (Lipinski definition) is 1. The second-order valence-electron chi connectivity index (χ2n) is 5.16. The molecule has 1 heterocycles. The highest BCUT2D eigenvalue weighted by Crippen LogP contribution is 2.42. The lowest BCUT2D eigenvalue weighted by Gasteiger charge is -2.34. The van der Waals surface area contributed by atoms with Crippen LogP contribution < -0.4 is 5.73 Å². The summed E-state index contributed by atoms with van der Waals surface area (Å²) in [6.45, 7) is 4.17. The van der Waals surface area contributed by atoms with E-state index in [-0.39, 0.29) is 23.5 Å². The molecule has 0 saturated heterocycles. The number of rotatable bonds is 3. The molecule has 0 aromatic carbocycles. The molecule has 2 rings (SSSR count). The Kier molecular flexibility index (Phi) is 3.94. The smallest absolute Gasteiger partial charge is 0.204 e. The number of carbonyl (C=O) groups excluding carboxylic acids is 1.